The zero-order valence-electron chi connectivity index (χ0n) is 9.08. The minimum Gasteiger partial charge on any atom is -0.392 e. The van der Waals surface area contributed by atoms with Crippen molar-refractivity contribution in [3.63, 3.8) is 0 Å². The van der Waals surface area contributed by atoms with Gasteiger partial charge in [0.15, 0.2) is 0 Å². The average molecular weight is 201 g/mol. The van der Waals surface area contributed by atoms with Crippen LogP contribution in [0.15, 0.2) is 0 Å². The number of aliphatic hydroxyl groups is 2. The lowest BCUT2D eigenvalue weighted by Gasteiger charge is -2.23. The third kappa shape index (κ3) is 3.95. The second kappa shape index (κ2) is 6.38. The Morgan fingerprint density at radius 2 is 2.00 bits per heavy atom. The summed E-state index contributed by atoms with van der Waals surface area (Å²) >= 11 is 0. The largest absolute Gasteiger partial charge is 0.392 e. The summed E-state index contributed by atoms with van der Waals surface area (Å²) in [6.07, 6.45) is 5.78. The molecule has 3 atom stereocenters. The van der Waals surface area contributed by atoms with Crippen molar-refractivity contribution in [1.82, 2.24) is 5.32 Å². The Labute approximate surface area is 86.5 Å². The monoisotopic (exact) mass is 201 g/mol. The Morgan fingerprint density at radius 1 is 1.29 bits per heavy atom. The lowest BCUT2D eigenvalue weighted by Crippen LogP contribution is -2.42. The predicted octanol–water partition coefficient (Wildman–Crippen LogP) is 1.04. The van der Waals surface area contributed by atoms with Gasteiger partial charge in [-0.2, -0.15) is 0 Å². The molecule has 0 heterocycles. The Hall–Kier alpha value is -0.120. The maximum absolute atomic E-state index is 9.79. The number of hydrogen-bond acceptors (Lipinski definition) is 3. The van der Waals surface area contributed by atoms with Crippen LogP contribution in [0.3, 0.4) is 0 Å². The lowest BCUT2D eigenvalue weighted by molar-refractivity contribution is 0.103. The van der Waals surface area contributed by atoms with Gasteiger partial charge in [-0.05, 0) is 19.3 Å². The third-order valence-corrected chi connectivity index (χ3v) is 3.07. The van der Waals surface area contributed by atoms with Gasteiger partial charge < -0.3 is 15.5 Å². The molecule has 0 radical (unpaired) electrons. The highest BCUT2D eigenvalue weighted by atomic mass is 16.3. The fraction of sp³-hybridized carbons (Fsp3) is 1.00. The van der Waals surface area contributed by atoms with E-state index in [9.17, 15) is 10.2 Å². The van der Waals surface area contributed by atoms with Gasteiger partial charge >= 0.3 is 0 Å². The van der Waals surface area contributed by atoms with E-state index in [4.69, 9.17) is 0 Å². The summed E-state index contributed by atoms with van der Waals surface area (Å²) in [7, 11) is 0. The summed E-state index contributed by atoms with van der Waals surface area (Å²) in [5.74, 6) is 0. The predicted molar refractivity (Wildman–Crippen MR) is 57.2 cm³/mol. The molecule has 0 aromatic heterocycles. The fourth-order valence-electron chi connectivity index (χ4n) is 1.96. The van der Waals surface area contributed by atoms with E-state index < -0.39 is 0 Å². The molecule has 84 valence electrons. The first-order valence-electron chi connectivity index (χ1n) is 5.83. The fourth-order valence-corrected chi connectivity index (χ4v) is 1.96. The van der Waals surface area contributed by atoms with Crippen molar-refractivity contribution < 1.29 is 10.2 Å². The van der Waals surface area contributed by atoms with Crippen LogP contribution >= 0.6 is 0 Å². The molecule has 1 aliphatic rings. The van der Waals surface area contributed by atoms with E-state index in [1.54, 1.807) is 0 Å². The zero-order chi connectivity index (χ0) is 10.4. The van der Waals surface area contributed by atoms with Gasteiger partial charge in [0.1, 0.15) is 0 Å². The van der Waals surface area contributed by atoms with E-state index in [0.29, 0.717) is 6.54 Å². The molecule has 0 bridgehead atoms. The molecule has 0 saturated heterocycles. The number of nitrogens with one attached hydrogen (secondary N) is 1. The highest BCUT2D eigenvalue weighted by Gasteiger charge is 2.21. The van der Waals surface area contributed by atoms with Gasteiger partial charge in [-0.25, -0.2) is 0 Å². The van der Waals surface area contributed by atoms with Crippen LogP contribution in [-0.4, -0.2) is 35.0 Å². The minimum atomic E-state index is -0.273. The molecule has 1 rings (SSSR count). The van der Waals surface area contributed by atoms with Gasteiger partial charge in [0, 0.05) is 12.6 Å². The maximum atomic E-state index is 9.79. The molecule has 0 spiro atoms. The molecule has 0 aliphatic heterocycles. The molecule has 0 aromatic rings. The molecule has 0 amide bonds. The summed E-state index contributed by atoms with van der Waals surface area (Å²) in [5.41, 5.74) is 0. The zero-order valence-corrected chi connectivity index (χ0v) is 9.08. The summed E-state index contributed by atoms with van der Waals surface area (Å²) in [6.45, 7) is 2.58. The van der Waals surface area contributed by atoms with Gasteiger partial charge in [0.05, 0.1) is 12.2 Å². The van der Waals surface area contributed by atoms with Crippen LogP contribution in [0.25, 0.3) is 0 Å². The minimum absolute atomic E-state index is 0.193. The van der Waals surface area contributed by atoms with Crippen molar-refractivity contribution in [1.29, 1.82) is 0 Å². The Morgan fingerprint density at radius 3 is 2.71 bits per heavy atom. The first kappa shape index (κ1) is 12.0. The van der Waals surface area contributed by atoms with E-state index in [0.717, 1.165) is 25.7 Å². The molecule has 3 unspecified atom stereocenters. The molecular formula is C11H23NO2. The first-order chi connectivity index (χ1) is 6.74. The molecule has 0 aromatic carbocycles. The number of aliphatic hydroxyl groups excluding tert-OH is 2. The van der Waals surface area contributed by atoms with Crippen LogP contribution in [0.5, 0.6) is 0 Å². The van der Waals surface area contributed by atoms with Crippen LogP contribution < -0.4 is 5.32 Å². The van der Waals surface area contributed by atoms with Crippen molar-refractivity contribution in [3.8, 4) is 0 Å². The number of hydrogen-bond donors (Lipinski definition) is 3. The maximum Gasteiger partial charge on any atom is 0.0693 e. The molecule has 14 heavy (non-hydrogen) atoms. The van der Waals surface area contributed by atoms with Gasteiger partial charge in [-0.1, -0.05) is 26.2 Å². The van der Waals surface area contributed by atoms with Crippen molar-refractivity contribution in [2.24, 2.45) is 0 Å². The van der Waals surface area contributed by atoms with Crippen LogP contribution in [0.1, 0.15) is 45.4 Å². The van der Waals surface area contributed by atoms with Crippen LogP contribution in [-0.2, 0) is 0 Å². The SMILES string of the molecule is CCC(O)CNC1CCCCCC1O. The van der Waals surface area contributed by atoms with Gasteiger partial charge in [0.25, 0.3) is 0 Å². The molecule has 1 aliphatic carbocycles. The van der Waals surface area contributed by atoms with Gasteiger partial charge in [0.2, 0.25) is 0 Å². The molecule has 3 nitrogen and oxygen atoms in total. The highest BCUT2D eigenvalue weighted by molar-refractivity contribution is 4.79. The van der Waals surface area contributed by atoms with Crippen LogP contribution in [0, 0.1) is 0 Å². The van der Waals surface area contributed by atoms with Crippen molar-refractivity contribution in [2.75, 3.05) is 6.54 Å². The van der Waals surface area contributed by atoms with Crippen molar-refractivity contribution >= 4 is 0 Å². The lowest BCUT2D eigenvalue weighted by atomic mass is 10.1. The second-order valence-corrected chi connectivity index (χ2v) is 4.28. The van der Waals surface area contributed by atoms with E-state index in [1.165, 1.54) is 12.8 Å². The summed E-state index contributed by atoms with van der Waals surface area (Å²) < 4.78 is 0. The molecule has 1 saturated carbocycles. The molecule has 3 heteroatoms. The van der Waals surface area contributed by atoms with Crippen molar-refractivity contribution in [2.45, 2.75) is 63.7 Å². The van der Waals surface area contributed by atoms with Crippen molar-refractivity contribution in [3.05, 3.63) is 0 Å². The highest BCUT2D eigenvalue weighted by Crippen LogP contribution is 2.17. The second-order valence-electron chi connectivity index (χ2n) is 4.28. The van der Waals surface area contributed by atoms with E-state index in [-0.39, 0.29) is 18.2 Å². The van der Waals surface area contributed by atoms with Gasteiger partial charge in [-0.3, -0.25) is 0 Å². The van der Waals surface area contributed by atoms with Crippen LogP contribution in [0.4, 0.5) is 0 Å². The standard InChI is InChI=1S/C11H23NO2/c1-2-9(13)8-12-10-6-4-3-5-7-11(10)14/h9-14H,2-8H2,1H3. The van der Waals surface area contributed by atoms with E-state index in [2.05, 4.69) is 5.32 Å². The summed E-state index contributed by atoms with van der Waals surface area (Å²) in [6, 6.07) is 0.193. The Bertz CT molecular complexity index is 152. The van der Waals surface area contributed by atoms with E-state index >= 15 is 0 Å². The number of rotatable bonds is 4. The molecule has 1 fully saturated rings. The third-order valence-electron chi connectivity index (χ3n) is 3.07. The normalized spacial score (nSPS) is 31.1. The topological polar surface area (TPSA) is 52.5 Å². The molecular weight excluding hydrogens is 178 g/mol. The average Bonchev–Trinajstić information content (AvgIpc) is 2.39. The van der Waals surface area contributed by atoms with Gasteiger partial charge in [-0.15, -0.1) is 0 Å². The first-order valence-corrected chi connectivity index (χ1v) is 5.83. The van der Waals surface area contributed by atoms with E-state index in [1.807, 2.05) is 6.92 Å². The Balaban J connectivity index is 2.26. The molecule has 3 N–H and O–H groups in total. The quantitative estimate of drug-likeness (QED) is 0.596. The Kier molecular flexibility index (Phi) is 5.45. The smallest absolute Gasteiger partial charge is 0.0693 e. The summed E-state index contributed by atoms with van der Waals surface area (Å²) in [4.78, 5) is 0. The summed E-state index contributed by atoms with van der Waals surface area (Å²) in [5, 5.41) is 22.5. The van der Waals surface area contributed by atoms with Crippen LogP contribution in [0.2, 0.25) is 0 Å².